The largest absolute Gasteiger partial charge is 0.424 e. The van der Waals surface area contributed by atoms with Gasteiger partial charge in [-0.3, -0.25) is 0 Å². The summed E-state index contributed by atoms with van der Waals surface area (Å²) in [5.74, 6) is -0.931. The summed E-state index contributed by atoms with van der Waals surface area (Å²) in [7, 11) is 4.47. The minimum absolute atomic E-state index is 0.774. The molecule has 0 aliphatic rings. The van der Waals surface area contributed by atoms with Crippen LogP contribution >= 0.6 is 0 Å². The molecule has 0 N–H and O–H groups in total. The molecule has 0 unspecified atom stereocenters. The molecule has 0 aromatic carbocycles. The summed E-state index contributed by atoms with van der Waals surface area (Å²) in [5.41, 5.74) is -2.50. The van der Waals surface area contributed by atoms with E-state index in [-0.39, 0.29) is 0 Å². The van der Waals surface area contributed by atoms with Crippen molar-refractivity contribution in [2.75, 3.05) is 28.2 Å². The van der Waals surface area contributed by atoms with Gasteiger partial charge in [0.1, 0.15) is 5.82 Å². The number of nitrogens with zero attached hydrogens (tertiary/aromatic N) is 2. The molecule has 16 heavy (non-hydrogen) atoms. The lowest BCUT2D eigenvalue weighted by Gasteiger charge is -2.29. The lowest BCUT2D eigenvalue weighted by atomic mass is 10.2. The highest BCUT2D eigenvalue weighted by atomic mass is 19.4. The molecule has 0 rings (SSSR count). The third kappa shape index (κ3) is 3.49. The van der Waals surface area contributed by atoms with Crippen molar-refractivity contribution in [1.82, 2.24) is 9.80 Å². The molecule has 0 spiro atoms. The number of rotatable bonds is 2. The second-order valence-electron chi connectivity index (χ2n) is 3.48. The van der Waals surface area contributed by atoms with E-state index in [1.54, 1.807) is 0 Å². The molecule has 0 aliphatic heterocycles. The van der Waals surface area contributed by atoms with Gasteiger partial charge in [-0.1, -0.05) is 0 Å². The maximum atomic E-state index is 12.4. The molecule has 0 radical (unpaired) electrons. The van der Waals surface area contributed by atoms with E-state index in [9.17, 15) is 26.3 Å². The Bertz CT molecular complexity index is 247. The molecule has 0 bridgehead atoms. The van der Waals surface area contributed by atoms with Crippen molar-refractivity contribution >= 4 is 0 Å². The number of hydrogen-bond acceptors (Lipinski definition) is 2. The number of hydrogen-bond donors (Lipinski definition) is 0. The molecule has 2 nitrogen and oxygen atoms in total. The van der Waals surface area contributed by atoms with Gasteiger partial charge in [0, 0.05) is 28.2 Å². The van der Waals surface area contributed by atoms with Crippen LogP contribution in [-0.2, 0) is 0 Å². The van der Waals surface area contributed by atoms with Crippen molar-refractivity contribution < 1.29 is 26.3 Å². The van der Waals surface area contributed by atoms with E-state index in [0.717, 1.165) is 38.0 Å². The smallest absolute Gasteiger partial charge is 0.364 e. The summed E-state index contributed by atoms with van der Waals surface area (Å²) >= 11 is 0. The van der Waals surface area contributed by atoms with E-state index in [1.165, 1.54) is 0 Å². The summed E-state index contributed by atoms with van der Waals surface area (Å²) in [6.07, 6.45) is -10.9. The normalized spacial score (nSPS) is 12.4. The number of alkyl halides is 6. The van der Waals surface area contributed by atoms with Gasteiger partial charge in [0.15, 0.2) is 5.57 Å². The zero-order valence-electron chi connectivity index (χ0n) is 9.16. The molecule has 0 heterocycles. The van der Waals surface area contributed by atoms with Crippen molar-refractivity contribution in [3.8, 4) is 0 Å². The van der Waals surface area contributed by atoms with Crippen molar-refractivity contribution in [2.45, 2.75) is 12.4 Å². The molecule has 0 aliphatic carbocycles. The molecule has 0 atom stereocenters. The zero-order valence-corrected chi connectivity index (χ0v) is 9.16. The summed E-state index contributed by atoms with van der Waals surface area (Å²) < 4.78 is 74.1. The van der Waals surface area contributed by atoms with E-state index >= 15 is 0 Å². The third-order valence-corrected chi connectivity index (χ3v) is 1.64. The quantitative estimate of drug-likeness (QED) is 0.694. The fraction of sp³-hybridized carbons (Fsp3) is 0.750. The Morgan fingerprint density at radius 1 is 0.688 bits per heavy atom. The highest BCUT2D eigenvalue weighted by Gasteiger charge is 2.54. The van der Waals surface area contributed by atoms with E-state index < -0.39 is 23.7 Å². The minimum atomic E-state index is -5.44. The van der Waals surface area contributed by atoms with Gasteiger partial charge < -0.3 is 9.80 Å². The van der Waals surface area contributed by atoms with Crippen LogP contribution in [0.25, 0.3) is 0 Å². The maximum absolute atomic E-state index is 12.4. The average molecular weight is 250 g/mol. The van der Waals surface area contributed by atoms with Crippen LogP contribution in [0.3, 0.4) is 0 Å². The molecule has 0 amide bonds. The van der Waals surface area contributed by atoms with E-state index in [2.05, 4.69) is 0 Å². The molecule has 0 saturated heterocycles. The van der Waals surface area contributed by atoms with Crippen LogP contribution in [0.5, 0.6) is 0 Å². The predicted octanol–water partition coefficient (Wildman–Crippen LogP) is 2.45. The first-order valence-corrected chi connectivity index (χ1v) is 4.12. The monoisotopic (exact) mass is 250 g/mol. The molecule has 0 fully saturated rings. The van der Waals surface area contributed by atoms with Crippen LogP contribution in [0, 0.1) is 0 Å². The van der Waals surface area contributed by atoms with Gasteiger partial charge >= 0.3 is 12.4 Å². The Balaban J connectivity index is 5.88. The summed E-state index contributed by atoms with van der Waals surface area (Å²) in [5, 5.41) is 0. The van der Waals surface area contributed by atoms with Gasteiger partial charge in [-0.2, -0.15) is 26.3 Å². The molecule has 8 heteroatoms. The van der Waals surface area contributed by atoms with Crippen molar-refractivity contribution in [2.24, 2.45) is 0 Å². The van der Waals surface area contributed by atoms with Gasteiger partial charge in [-0.15, -0.1) is 0 Å². The van der Waals surface area contributed by atoms with E-state index in [4.69, 9.17) is 0 Å². The summed E-state index contributed by atoms with van der Waals surface area (Å²) in [6, 6.07) is 0. The highest BCUT2D eigenvalue weighted by molar-refractivity contribution is 5.21. The standard InChI is InChI=1S/C8H12F6N2/c1-15(2)6(16(3)4)5(7(9,10)11)8(12,13)14/h1-4H3. The Morgan fingerprint density at radius 2 is 0.938 bits per heavy atom. The second-order valence-corrected chi connectivity index (χ2v) is 3.48. The second kappa shape index (κ2) is 4.42. The van der Waals surface area contributed by atoms with Crippen LogP contribution < -0.4 is 0 Å². The minimum Gasteiger partial charge on any atom is -0.364 e. The first-order valence-electron chi connectivity index (χ1n) is 4.12. The Morgan fingerprint density at radius 3 is 1.00 bits per heavy atom. The first kappa shape index (κ1) is 14.9. The lowest BCUT2D eigenvalue weighted by Crippen LogP contribution is -2.36. The Kier molecular flexibility index (Phi) is 4.12. The average Bonchev–Trinajstić information content (AvgIpc) is 1.93. The van der Waals surface area contributed by atoms with Crippen LogP contribution in [0.2, 0.25) is 0 Å². The Labute approximate surface area is 89.1 Å². The molecule has 0 aromatic heterocycles. The summed E-state index contributed by atoms with van der Waals surface area (Å²) in [6.45, 7) is 0. The van der Waals surface area contributed by atoms with Crippen molar-refractivity contribution in [3.05, 3.63) is 11.4 Å². The van der Waals surface area contributed by atoms with Gasteiger partial charge in [-0.25, -0.2) is 0 Å². The SMILES string of the molecule is CN(C)C(=C(C(F)(F)F)C(F)(F)F)N(C)C. The lowest BCUT2D eigenvalue weighted by molar-refractivity contribution is -0.176. The molecule has 96 valence electrons. The molecule has 0 saturated carbocycles. The molecular weight excluding hydrogens is 238 g/mol. The van der Waals surface area contributed by atoms with Gasteiger partial charge in [0.25, 0.3) is 0 Å². The van der Waals surface area contributed by atoms with Gasteiger partial charge in [0.05, 0.1) is 0 Å². The van der Waals surface area contributed by atoms with Crippen LogP contribution in [-0.4, -0.2) is 50.3 Å². The predicted molar refractivity (Wildman–Crippen MR) is 46.5 cm³/mol. The molecular formula is C8H12F6N2. The maximum Gasteiger partial charge on any atom is 0.424 e. The van der Waals surface area contributed by atoms with Gasteiger partial charge in [0.2, 0.25) is 0 Å². The fourth-order valence-corrected chi connectivity index (χ4v) is 1.26. The molecule has 0 aromatic rings. The van der Waals surface area contributed by atoms with Crippen molar-refractivity contribution in [1.29, 1.82) is 0 Å². The van der Waals surface area contributed by atoms with Crippen LogP contribution in [0.1, 0.15) is 0 Å². The Hall–Kier alpha value is -1.08. The fourth-order valence-electron chi connectivity index (χ4n) is 1.26. The van der Waals surface area contributed by atoms with Crippen molar-refractivity contribution in [3.63, 3.8) is 0 Å². The number of halogens is 6. The van der Waals surface area contributed by atoms with Crippen LogP contribution in [0.4, 0.5) is 26.3 Å². The summed E-state index contributed by atoms with van der Waals surface area (Å²) in [4.78, 5) is 1.55. The van der Waals surface area contributed by atoms with Crippen LogP contribution in [0.15, 0.2) is 11.4 Å². The topological polar surface area (TPSA) is 6.48 Å². The third-order valence-electron chi connectivity index (χ3n) is 1.64. The number of allylic oxidation sites excluding steroid dienone is 1. The van der Waals surface area contributed by atoms with E-state index in [1.807, 2.05) is 0 Å². The highest BCUT2D eigenvalue weighted by Crippen LogP contribution is 2.41. The van der Waals surface area contributed by atoms with Gasteiger partial charge in [-0.05, 0) is 0 Å². The zero-order chi connectivity index (χ0) is 13.3. The first-order chi connectivity index (χ1) is 6.89. The van der Waals surface area contributed by atoms with E-state index in [0.29, 0.717) is 0 Å².